The number of aryl methyl sites for hydroxylation is 1. The monoisotopic (exact) mass is 1830 g/mol. The molecule has 4 amide bonds. The maximum atomic E-state index is 15.0. The second kappa shape index (κ2) is 46.1. The van der Waals surface area contributed by atoms with E-state index in [1.165, 1.54) is 18.3 Å². The first-order chi connectivity index (χ1) is 63.5. The van der Waals surface area contributed by atoms with E-state index in [9.17, 15) is 43.8 Å². The van der Waals surface area contributed by atoms with Crippen LogP contribution < -0.4 is 16.4 Å². The van der Waals surface area contributed by atoms with E-state index >= 15 is 4.79 Å². The fourth-order valence-corrected chi connectivity index (χ4v) is 19.8. The van der Waals surface area contributed by atoms with Crippen molar-refractivity contribution in [3.05, 3.63) is 125 Å². The van der Waals surface area contributed by atoms with Gasteiger partial charge in [0.05, 0.1) is 56.0 Å². The van der Waals surface area contributed by atoms with Crippen LogP contribution in [0.3, 0.4) is 0 Å². The van der Waals surface area contributed by atoms with Crippen LogP contribution in [0.4, 0.5) is 17.8 Å². The van der Waals surface area contributed by atoms with Gasteiger partial charge in [-0.2, -0.15) is 10.1 Å². The summed E-state index contributed by atoms with van der Waals surface area (Å²) in [6.07, 6.45) is 17.6. The lowest BCUT2D eigenvalue weighted by molar-refractivity contribution is -0.265. The Labute approximate surface area is 772 Å². The molecule has 7 aliphatic rings. The molecule has 13 rings (SSSR count). The summed E-state index contributed by atoms with van der Waals surface area (Å²) in [6.45, 7) is 20.7. The highest BCUT2D eigenvalue weighted by Crippen LogP contribution is 2.41. The van der Waals surface area contributed by atoms with Crippen molar-refractivity contribution in [3.8, 4) is 11.3 Å². The van der Waals surface area contributed by atoms with Crippen LogP contribution in [0.15, 0.2) is 107 Å². The van der Waals surface area contributed by atoms with Crippen LogP contribution in [0.25, 0.3) is 33.4 Å². The molecule has 6 aliphatic heterocycles. The van der Waals surface area contributed by atoms with Crippen LogP contribution in [-0.4, -0.2) is 291 Å². The minimum atomic E-state index is -2.46. The Balaban J connectivity index is 0.525. The number of methoxy groups -OCH3 is 4. The number of nitrogens with zero attached hydrogens (tertiary/aromatic N) is 13. The van der Waals surface area contributed by atoms with Gasteiger partial charge in [0.1, 0.15) is 53.8 Å². The number of allylic oxidation sites excluding steroid dienone is 5. The van der Waals surface area contributed by atoms with Gasteiger partial charge in [-0.3, -0.25) is 38.5 Å². The van der Waals surface area contributed by atoms with Crippen molar-refractivity contribution in [1.82, 2.24) is 59.2 Å². The minimum absolute atomic E-state index is 0.00369. The third-order valence-electron chi connectivity index (χ3n) is 27.9. The number of rotatable bonds is 24. The van der Waals surface area contributed by atoms with Crippen molar-refractivity contribution in [1.29, 1.82) is 0 Å². The van der Waals surface area contributed by atoms with E-state index in [1.807, 2.05) is 114 Å². The number of aliphatic hydroxyl groups excluding tert-OH is 1. The second-order valence-corrected chi connectivity index (χ2v) is 37.2. The first kappa shape index (κ1) is 99.2. The van der Waals surface area contributed by atoms with Crippen molar-refractivity contribution >= 4 is 87.0 Å². The maximum absolute atomic E-state index is 15.0. The molecule has 5 fully saturated rings. The lowest BCUT2D eigenvalue weighted by Gasteiger charge is -2.43. The van der Waals surface area contributed by atoms with Gasteiger partial charge in [-0.25, -0.2) is 29.4 Å². The summed E-state index contributed by atoms with van der Waals surface area (Å²) >= 11 is 0. The number of oxazole rings is 1. The molecule has 16 atom stereocenters. The molecule has 4 aromatic heterocycles. The number of nitrogens with two attached hydrogens (primary N) is 2. The maximum Gasteiger partial charge on any atom is 0.329 e. The molecule has 132 heavy (non-hydrogen) atoms. The zero-order valence-electron chi connectivity index (χ0n) is 78.5. The number of cyclic esters (lactones) is 1. The number of carbonyl (C=O) groups excluding carboxylic acids is 8. The molecule has 4 saturated heterocycles. The molecular weight excluding hydrogens is 1690 g/mol. The Morgan fingerprint density at radius 1 is 0.689 bits per heavy atom. The van der Waals surface area contributed by atoms with E-state index in [2.05, 4.69) is 42.0 Å². The van der Waals surface area contributed by atoms with Crippen LogP contribution >= 0.6 is 0 Å². The summed E-state index contributed by atoms with van der Waals surface area (Å²) < 4.78 is 56.2. The Morgan fingerprint density at radius 3 is 2.16 bits per heavy atom. The van der Waals surface area contributed by atoms with Gasteiger partial charge in [-0.05, 0) is 160 Å². The first-order valence-electron chi connectivity index (χ1n) is 47.1. The molecule has 6 aromatic rings. The summed E-state index contributed by atoms with van der Waals surface area (Å²) in [7, 11) is 6.17. The van der Waals surface area contributed by atoms with Crippen LogP contribution in [0, 0.1) is 35.5 Å². The Hall–Kier alpha value is -10.3. The number of carbonyl (C=O) groups is 8. The predicted molar refractivity (Wildman–Crippen MR) is 493 cm³/mol. The molecule has 2 aromatic carbocycles. The van der Waals surface area contributed by atoms with Gasteiger partial charge in [-0.1, -0.05) is 89.3 Å². The fraction of sp³-hybridized carbons (Fsp3) is 0.612. The quantitative estimate of drug-likeness (QED) is 0.0190. The van der Waals surface area contributed by atoms with Gasteiger partial charge in [0.25, 0.3) is 17.7 Å². The molecule has 0 spiro atoms. The Kier molecular flexibility index (Phi) is 34.6. The lowest BCUT2D eigenvalue weighted by atomic mass is 9.78. The lowest BCUT2D eigenvalue weighted by Crippen LogP contribution is -2.61. The highest BCUT2D eigenvalue weighted by atomic mass is 16.6. The van der Waals surface area contributed by atoms with E-state index in [1.54, 1.807) is 53.6 Å². The third kappa shape index (κ3) is 24.8. The minimum Gasteiger partial charge on any atom is -0.460 e. The highest BCUT2D eigenvalue weighted by molar-refractivity contribution is 6.39. The molecule has 1 unspecified atom stereocenters. The number of aliphatic hydroxyl groups is 2. The smallest absolute Gasteiger partial charge is 0.329 e. The number of fused-ring (bicyclic) bond motifs is 6. The number of piperazine rings is 2. The second-order valence-electron chi connectivity index (χ2n) is 37.2. The molecule has 1 aliphatic carbocycles. The number of anilines is 3. The number of hydrogen-bond donors (Lipinski definition) is 4. The number of nitrogen functional groups attached to an aromatic ring is 2. The van der Waals surface area contributed by atoms with Crippen LogP contribution in [0.2, 0.25) is 0 Å². The van der Waals surface area contributed by atoms with Gasteiger partial charge in [0.15, 0.2) is 17.0 Å². The summed E-state index contributed by atoms with van der Waals surface area (Å²) in [4.78, 5) is 146. The SMILES string of the molecule is COC1C[C@@H]([C@H](C)C[C@@H]2CC[C@@H](OC(=O)CCc3cnc(N4CCN(C(=O)CCOCCN5CCN(C(=O)CCC(=O)N6CCc7cc(Cn8nc(-c9ccc%10oc(N)nc%10c9)c9c(N)ncnc98)ccc7C6)CC5)CC4)nc3)[C@H](OC)C2)OC(=O)[C@@H]2CCCCN2C(=O)C(=O)[C@]2(O)O[C@@H](CC[C@H]2C)C[C@H](OC)/C(C)=C/C=C/C=C/[C@@H](C)C[C@@H](C)C(=O)[C@H](OC)[C@H](O)/C(C)=C/[C@H]1C. The summed E-state index contributed by atoms with van der Waals surface area (Å²) in [5.74, 6) is -7.00. The molecule has 34 heteroatoms. The number of esters is 2. The summed E-state index contributed by atoms with van der Waals surface area (Å²) in [5, 5.41) is 29.7. The predicted octanol–water partition coefficient (Wildman–Crippen LogP) is 9.33. The average molecular weight is 1830 g/mol. The first-order valence-corrected chi connectivity index (χ1v) is 47.1. The van der Waals surface area contributed by atoms with Crippen molar-refractivity contribution in [2.24, 2.45) is 35.5 Å². The number of ether oxygens (including phenoxy) is 8. The van der Waals surface area contributed by atoms with Gasteiger partial charge in [-0.15, -0.1) is 0 Å². The zero-order valence-corrected chi connectivity index (χ0v) is 78.5. The fourth-order valence-electron chi connectivity index (χ4n) is 19.8. The van der Waals surface area contributed by atoms with Crippen molar-refractivity contribution in [3.63, 3.8) is 0 Å². The number of amides is 4. The number of ketones is 2. The average Bonchev–Trinajstić information content (AvgIpc) is 1.50. The normalized spacial score (nSPS) is 28.5. The molecule has 34 nitrogen and oxygen atoms in total. The van der Waals surface area contributed by atoms with E-state index in [4.69, 9.17) is 58.9 Å². The zero-order chi connectivity index (χ0) is 94.0. The Bertz CT molecular complexity index is 5120. The Morgan fingerprint density at radius 2 is 1.42 bits per heavy atom. The standard InChI is InChI=1S/C98H135N15O19/c1-60-17-13-12-14-18-61(2)78(124-8)53-73-26-20-66(7)98(123,132-73)91(120)94(121)112-34-16-15-19-75(112)95(122)130-80(54-79(125-9)62(3)48-65(6)89(119)90(127-11)88(118)64(5)47-60)63(4)49-67-22-27-77(81(51-67)126-10)129-85(117)31-23-69-55-101-97(102-56-69)110-42-40-109(41-43-110)84(116)33-45-128-46-44-107-36-38-108(39-37-107)82(114)29-30-83(115)111-35-32-70-50-68(21-24-72(70)58-111)57-113-93-86(92(99)103-59-104-93)87(106-113)71-25-28-76-74(52-71)105-96(100)131-76/h12-14,17-18,21,24-25,28,48,50,52,55-56,59-60,62-64,66-67,73,75,77-81,89-90,119,123H,15-16,19-20,22-23,26-27,29-47,49,51,53-54,57-58H2,1-11H3,(H2,100,105)(H2,99,103,104)/b14-12+,17-13+,61-18+,65-48+/t60-,62-,63-,64-,66-,67+,73+,75+,77-,78+,79?,80+,81-,89-,90+,98-/m1/s1. The van der Waals surface area contributed by atoms with Crippen molar-refractivity contribution < 1.29 is 90.9 Å². The topological polar surface area (TPSA) is 418 Å². The van der Waals surface area contributed by atoms with E-state index < -0.39 is 96.1 Å². The molecule has 2 bridgehead atoms. The number of Topliss-reactive ketones (excluding diaryl/α,β-unsaturated/α-hetero) is 2. The molecule has 1 saturated carbocycles. The van der Waals surface area contributed by atoms with Gasteiger partial charge >= 0.3 is 11.9 Å². The van der Waals surface area contributed by atoms with Crippen molar-refractivity contribution in [2.75, 3.05) is 130 Å². The number of benzene rings is 2. The van der Waals surface area contributed by atoms with Crippen LogP contribution in [0.5, 0.6) is 0 Å². The number of hydrogen-bond acceptors (Lipinski definition) is 29. The summed E-state index contributed by atoms with van der Waals surface area (Å²) in [5.41, 5.74) is 20.7. The molecule has 6 N–H and O–H groups in total. The van der Waals surface area contributed by atoms with E-state index in [0.29, 0.717) is 207 Å². The third-order valence-corrected chi connectivity index (χ3v) is 27.9. The van der Waals surface area contributed by atoms with Gasteiger partial charge < -0.3 is 88.5 Å². The number of aromatic nitrogens is 7. The van der Waals surface area contributed by atoms with Gasteiger partial charge in [0, 0.05) is 175 Å². The van der Waals surface area contributed by atoms with E-state index in [-0.39, 0.29) is 105 Å². The molecular formula is C98H135N15O19. The highest BCUT2D eigenvalue weighted by Gasteiger charge is 2.54. The number of piperidine rings is 1. The van der Waals surface area contributed by atoms with E-state index in [0.717, 1.165) is 33.4 Å². The molecule has 716 valence electrons. The van der Waals surface area contributed by atoms with Crippen LogP contribution in [0.1, 0.15) is 173 Å². The molecule has 10 heterocycles. The molecule has 0 radical (unpaired) electrons. The largest absolute Gasteiger partial charge is 0.460 e. The van der Waals surface area contributed by atoms with Crippen molar-refractivity contribution in [2.45, 2.75) is 238 Å². The summed E-state index contributed by atoms with van der Waals surface area (Å²) in [6, 6.07) is 10.7. The van der Waals surface area contributed by atoms with Crippen LogP contribution in [-0.2, 0) is 102 Å². The van der Waals surface area contributed by atoms with Gasteiger partial charge in [0.2, 0.25) is 29.5 Å².